The predicted molar refractivity (Wildman–Crippen MR) is 72.4 cm³/mol. The third kappa shape index (κ3) is 3.21. The number of aliphatic hydroxyl groups excluding tert-OH is 1. The minimum absolute atomic E-state index is 0.0977. The van der Waals surface area contributed by atoms with Gasteiger partial charge in [-0.05, 0) is 48.0 Å². The lowest BCUT2D eigenvalue weighted by Crippen LogP contribution is -2.47. The first-order valence-electron chi connectivity index (χ1n) is 5.13. The number of carbonyl (C=O) groups excluding carboxylic acids is 1. The summed E-state index contributed by atoms with van der Waals surface area (Å²) in [5.41, 5.74) is -0.0985. The number of amides is 1. The molecule has 0 saturated heterocycles. The van der Waals surface area contributed by atoms with Crippen molar-refractivity contribution in [3.05, 3.63) is 33.3 Å². The summed E-state index contributed by atoms with van der Waals surface area (Å²) in [4.78, 5) is 13.7. The van der Waals surface area contributed by atoms with Gasteiger partial charge < -0.3 is 10.0 Å². The van der Waals surface area contributed by atoms with Gasteiger partial charge in [0.15, 0.2) is 0 Å². The molecule has 0 saturated carbocycles. The zero-order valence-corrected chi connectivity index (χ0v) is 12.3. The third-order valence-electron chi connectivity index (χ3n) is 2.77. The summed E-state index contributed by atoms with van der Waals surface area (Å²) in [6.07, 6.45) is 0. The minimum atomic E-state index is -0.601. The Morgan fingerprint density at radius 2 is 2.12 bits per heavy atom. The van der Waals surface area contributed by atoms with Crippen molar-refractivity contribution in [1.82, 2.24) is 4.90 Å². The fraction of sp³-hybridized carbons (Fsp3) is 0.417. The molecule has 0 heterocycles. The van der Waals surface area contributed by atoms with Crippen molar-refractivity contribution in [2.24, 2.45) is 0 Å². The Morgan fingerprint density at radius 1 is 1.53 bits per heavy atom. The standard InChI is InChI=1S/C12H15BrClNO2/c1-12(2,7-16)15(3)11(17)8-4-5-9(13)10(14)6-8/h4-6,16H,7H2,1-3H3. The van der Waals surface area contributed by atoms with Crippen molar-refractivity contribution in [3.63, 3.8) is 0 Å². The minimum Gasteiger partial charge on any atom is -0.394 e. The quantitative estimate of drug-likeness (QED) is 0.930. The number of halogens is 2. The van der Waals surface area contributed by atoms with Crippen molar-refractivity contribution in [2.45, 2.75) is 19.4 Å². The second-order valence-corrected chi connectivity index (χ2v) is 5.73. The lowest BCUT2D eigenvalue weighted by atomic mass is 10.0. The van der Waals surface area contributed by atoms with Gasteiger partial charge in [-0.1, -0.05) is 11.6 Å². The number of carbonyl (C=O) groups is 1. The van der Waals surface area contributed by atoms with E-state index in [0.717, 1.165) is 4.47 Å². The smallest absolute Gasteiger partial charge is 0.254 e. The maximum Gasteiger partial charge on any atom is 0.254 e. The summed E-state index contributed by atoms with van der Waals surface area (Å²) < 4.78 is 0.750. The average Bonchev–Trinajstić information content (AvgIpc) is 2.30. The Kier molecular flexibility index (Phi) is 4.58. The van der Waals surface area contributed by atoms with Crippen LogP contribution in [0.15, 0.2) is 22.7 Å². The molecule has 1 rings (SSSR count). The highest BCUT2D eigenvalue weighted by atomic mass is 79.9. The maximum absolute atomic E-state index is 12.2. The molecule has 3 nitrogen and oxygen atoms in total. The van der Waals surface area contributed by atoms with Crippen molar-refractivity contribution in [1.29, 1.82) is 0 Å². The second-order valence-electron chi connectivity index (χ2n) is 4.46. The molecule has 0 aromatic heterocycles. The maximum atomic E-state index is 12.2. The summed E-state index contributed by atoms with van der Waals surface area (Å²) in [6.45, 7) is 3.50. The topological polar surface area (TPSA) is 40.5 Å². The molecule has 1 N–H and O–H groups in total. The summed E-state index contributed by atoms with van der Waals surface area (Å²) in [6, 6.07) is 5.04. The van der Waals surface area contributed by atoms with Crippen molar-refractivity contribution < 1.29 is 9.90 Å². The summed E-state index contributed by atoms with van der Waals surface area (Å²) >= 11 is 9.22. The lowest BCUT2D eigenvalue weighted by Gasteiger charge is -2.34. The van der Waals surface area contributed by atoms with Crippen molar-refractivity contribution in [3.8, 4) is 0 Å². The largest absolute Gasteiger partial charge is 0.394 e. The molecule has 1 aromatic rings. The van der Waals surface area contributed by atoms with E-state index in [2.05, 4.69) is 15.9 Å². The Morgan fingerprint density at radius 3 is 2.59 bits per heavy atom. The van der Waals surface area contributed by atoms with Crippen LogP contribution in [0, 0.1) is 0 Å². The first kappa shape index (κ1) is 14.5. The highest BCUT2D eigenvalue weighted by Gasteiger charge is 2.27. The molecule has 5 heteroatoms. The van der Waals surface area contributed by atoms with Crippen LogP contribution in [0.1, 0.15) is 24.2 Å². The number of hydrogen-bond donors (Lipinski definition) is 1. The van der Waals surface area contributed by atoms with Crippen LogP contribution >= 0.6 is 27.5 Å². The Labute approximate surface area is 115 Å². The van der Waals surface area contributed by atoms with E-state index in [1.54, 1.807) is 39.1 Å². The van der Waals surface area contributed by atoms with Crippen LogP contribution in [-0.4, -0.2) is 35.1 Å². The summed E-state index contributed by atoms with van der Waals surface area (Å²) in [7, 11) is 1.66. The van der Waals surface area contributed by atoms with Gasteiger partial charge in [0, 0.05) is 17.1 Å². The van der Waals surface area contributed by atoms with E-state index in [1.807, 2.05) is 0 Å². The molecule has 0 atom stereocenters. The molecule has 0 unspecified atom stereocenters. The van der Waals surface area contributed by atoms with Gasteiger partial charge in [0.25, 0.3) is 5.91 Å². The molecule has 0 fully saturated rings. The van der Waals surface area contributed by atoms with Gasteiger partial charge in [0.05, 0.1) is 17.2 Å². The van der Waals surface area contributed by atoms with Crippen molar-refractivity contribution in [2.75, 3.05) is 13.7 Å². The van der Waals surface area contributed by atoms with Gasteiger partial charge in [0.2, 0.25) is 0 Å². The van der Waals surface area contributed by atoms with Crippen LogP contribution in [0.5, 0.6) is 0 Å². The Hall–Kier alpha value is -0.580. The molecular formula is C12H15BrClNO2. The number of rotatable bonds is 3. The SMILES string of the molecule is CN(C(=O)c1ccc(Br)c(Cl)c1)C(C)(C)CO. The van der Waals surface area contributed by atoms with Gasteiger partial charge in [-0.2, -0.15) is 0 Å². The van der Waals surface area contributed by atoms with E-state index in [9.17, 15) is 9.90 Å². The van der Waals surface area contributed by atoms with Gasteiger partial charge >= 0.3 is 0 Å². The molecule has 0 bridgehead atoms. The van der Waals surface area contributed by atoms with Crippen LogP contribution in [0.2, 0.25) is 5.02 Å². The number of likely N-dealkylation sites (N-methyl/N-ethyl adjacent to an activating group) is 1. The normalized spacial score (nSPS) is 11.4. The van der Waals surface area contributed by atoms with E-state index >= 15 is 0 Å². The van der Waals surface area contributed by atoms with Crippen LogP contribution < -0.4 is 0 Å². The van der Waals surface area contributed by atoms with E-state index < -0.39 is 5.54 Å². The highest BCUT2D eigenvalue weighted by Crippen LogP contribution is 2.24. The van der Waals surface area contributed by atoms with Crippen molar-refractivity contribution >= 4 is 33.4 Å². The molecular weight excluding hydrogens is 305 g/mol. The van der Waals surface area contributed by atoms with Gasteiger partial charge in [-0.25, -0.2) is 0 Å². The second kappa shape index (κ2) is 5.38. The molecule has 0 aliphatic rings. The third-order valence-corrected chi connectivity index (χ3v) is 4.00. The molecule has 0 aliphatic carbocycles. The number of nitrogens with zero attached hydrogens (tertiary/aromatic N) is 1. The Bertz CT molecular complexity index is 435. The summed E-state index contributed by atoms with van der Waals surface area (Å²) in [5, 5.41) is 9.72. The number of hydrogen-bond acceptors (Lipinski definition) is 2. The van der Waals surface area contributed by atoms with Gasteiger partial charge in [0.1, 0.15) is 0 Å². The van der Waals surface area contributed by atoms with Gasteiger partial charge in [-0.15, -0.1) is 0 Å². The lowest BCUT2D eigenvalue weighted by molar-refractivity contribution is 0.0473. The molecule has 17 heavy (non-hydrogen) atoms. The average molecular weight is 321 g/mol. The molecule has 1 amide bonds. The van der Waals surface area contributed by atoms with E-state index in [-0.39, 0.29) is 12.5 Å². The molecule has 0 radical (unpaired) electrons. The molecule has 0 spiro atoms. The van der Waals surface area contributed by atoms with Crippen LogP contribution in [0.4, 0.5) is 0 Å². The zero-order valence-electron chi connectivity index (χ0n) is 10.00. The zero-order chi connectivity index (χ0) is 13.2. The van der Waals surface area contributed by atoms with E-state index in [4.69, 9.17) is 11.6 Å². The number of aliphatic hydroxyl groups is 1. The van der Waals surface area contributed by atoms with E-state index in [0.29, 0.717) is 10.6 Å². The fourth-order valence-electron chi connectivity index (χ4n) is 1.20. The monoisotopic (exact) mass is 319 g/mol. The molecule has 0 aliphatic heterocycles. The van der Waals surface area contributed by atoms with Crippen LogP contribution in [-0.2, 0) is 0 Å². The predicted octanol–water partition coefficient (Wildman–Crippen LogP) is 2.95. The molecule has 94 valence electrons. The van der Waals surface area contributed by atoms with Crippen LogP contribution in [0.3, 0.4) is 0 Å². The van der Waals surface area contributed by atoms with Gasteiger partial charge in [-0.3, -0.25) is 4.79 Å². The Balaban J connectivity index is 3.01. The number of benzene rings is 1. The summed E-state index contributed by atoms with van der Waals surface area (Å²) in [5.74, 6) is -0.168. The fourth-order valence-corrected chi connectivity index (χ4v) is 1.63. The molecule has 1 aromatic carbocycles. The highest BCUT2D eigenvalue weighted by molar-refractivity contribution is 9.10. The first-order chi connectivity index (χ1) is 7.79. The van der Waals surface area contributed by atoms with Crippen LogP contribution in [0.25, 0.3) is 0 Å². The first-order valence-corrected chi connectivity index (χ1v) is 6.31. The van der Waals surface area contributed by atoms with E-state index in [1.165, 1.54) is 4.90 Å².